The lowest BCUT2D eigenvalue weighted by Gasteiger charge is -2.19. The van der Waals surface area contributed by atoms with E-state index in [-0.39, 0.29) is 31.6 Å². The molecule has 190 valence electrons. The predicted molar refractivity (Wildman–Crippen MR) is 111 cm³/mol. The third-order valence-corrected chi connectivity index (χ3v) is 5.93. The molecule has 1 N–H and O–H groups in total. The molecule has 3 aromatic rings. The van der Waals surface area contributed by atoms with Crippen molar-refractivity contribution in [2.75, 3.05) is 6.54 Å². The van der Waals surface area contributed by atoms with Gasteiger partial charge in [0.25, 0.3) is 5.91 Å². The van der Waals surface area contributed by atoms with E-state index < -0.39 is 41.3 Å². The van der Waals surface area contributed by atoms with Crippen LogP contribution in [0.4, 0.5) is 35.1 Å². The fourth-order valence-corrected chi connectivity index (χ4v) is 4.20. The lowest BCUT2D eigenvalue weighted by atomic mass is 10.1. The molecule has 0 radical (unpaired) electrons. The van der Waals surface area contributed by atoms with Crippen molar-refractivity contribution in [2.45, 2.75) is 25.2 Å². The van der Waals surface area contributed by atoms with Gasteiger partial charge in [-0.3, -0.25) is 4.79 Å². The summed E-state index contributed by atoms with van der Waals surface area (Å²) in [6, 6.07) is 1.33. The van der Waals surface area contributed by atoms with E-state index >= 15 is 0 Å². The van der Waals surface area contributed by atoms with Crippen LogP contribution in [0.5, 0.6) is 0 Å². The molecule has 0 aromatic carbocycles. The van der Waals surface area contributed by atoms with Gasteiger partial charge >= 0.3 is 18.3 Å². The van der Waals surface area contributed by atoms with Crippen LogP contribution >= 0.6 is 22.9 Å². The highest BCUT2D eigenvalue weighted by molar-refractivity contribution is 7.19. The number of carbonyl (C=O) groups is 1. The summed E-state index contributed by atoms with van der Waals surface area (Å²) < 4.78 is 108. The van der Waals surface area contributed by atoms with Crippen LogP contribution in [0, 0.1) is 0 Å². The highest BCUT2D eigenvalue weighted by Crippen LogP contribution is 2.49. The number of halogens is 9. The molecule has 0 fully saturated rings. The molecule has 3 rings (SSSR count). The van der Waals surface area contributed by atoms with Crippen LogP contribution in [0.15, 0.2) is 30.6 Å². The van der Waals surface area contributed by atoms with E-state index in [0.717, 1.165) is 30.8 Å². The Bertz CT molecular complexity index is 1290. The van der Waals surface area contributed by atoms with E-state index in [2.05, 4.69) is 22.1 Å². The molecule has 0 spiro atoms. The zero-order valence-corrected chi connectivity index (χ0v) is 19.2. The summed E-state index contributed by atoms with van der Waals surface area (Å²) in [7, 11) is 0.772. The van der Waals surface area contributed by atoms with Gasteiger partial charge in [-0.1, -0.05) is 23.8 Å². The van der Waals surface area contributed by atoms with E-state index in [0.29, 0.717) is 10.3 Å². The quantitative estimate of drug-likeness (QED) is 0.306. The number of nitrogens with one attached hydrogen (secondary N) is 1. The molecular formula is C19H14ClF8N5OS. The fourth-order valence-electron chi connectivity index (χ4n) is 2.95. The van der Waals surface area contributed by atoms with Gasteiger partial charge in [0, 0.05) is 30.2 Å². The third kappa shape index (κ3) is 5.05. The first-order valence-corrected chi connectivity index (χ1v) is 10.5. The van der Waals surface area contributed by atoms with Gasteiger partial charge in [-0.2, -0.15) is 45.3 Å². The first-order chi connectivity index (χ1) is 15.9. The molecule has 0 saturated carbocycles. The van der Waals surface area contributed by atoms with Gasteiger partial charge in [0.05, 0.1) is 11.8 Å². The molecular weight excluding hydrogens is 534 g/mol. The van der Waals surface area contributed by atoms with E-state index in [1.165, 1.54) is 6.07 Å². The van der Waals surface area contributed by atoms with E-state index in [4.69, 9.17) is 11.6 Å². The van der Waals surface area contributed by atoms with Crippen molar-refractivity contribution in [1.82, 2.24) is 24.9 Å². The van der Waals surface area contributed by atoms with Gasteiger partial charge in [-0.15, -0.1) is 11.3 Å². The molecule has 35 heavy (non-hydrogen) atoms. The molecule has 0 aliphatic carbocycles. The van der Waals surface area contributed by atoms with Crippen LogP contribution in [0.1, 0.15) is 28.5 Å². The van der Waals surface area contributed by atoms with Crippen LogP contribution in [0.3, 0.4) is 0 Å². The number of rotatable bonds is 6. The Morgan fingerprint density at radius 1 is 1.20 bits per heavy atom. The molecule has 1 amide bonds. The lowest BCUT2D eigenvalue weighted by Crippen LogP contribution is -2.36. The maximum absolute atomic E-state index is 13.9. The first kappa shape index (κ1) is 26.7. The maximum Gasteiger partial charge on any atom is 0.459 e. The van der Waals surface area contributed by atoms with Crippen LogP contribution in [-0.2, 0) is 19.1 Å². The Balaban J connectivity index is 2.07. The van der Waals surface area contributed by atoms with Gasteiger partial charge in [0.1, 0.15) is 9.90 Å². The van der Waals surface area contributed by atoms with Crippen molar-refractivity contribution in [2.24, 2.45) is 7.05 Å². The largest absolute Gasteiger partial charge is 0.459 e. The average Bonchev–Trinajstić information content (AvgIpc) is 3.41. The number of alkyl halides is 8. The van der Waals surface area contributed by atoms with Gasteiger partial charge < -0.3 is 5.32 Å². The highest BCUT2D eigenvalue weighted by Gasteiger charge is 2.64. The number of carbonyl (C=O) groups excluding carboxylic acids is 1. The summed E-state index contributed by atoms with van der Waals surface area (Å²) >= 11 is 6.97. The molecule has 3 heterocycles. The van der Waals surface area contributed by atoms with Crippen molar-refractivity contribution >= 4 is 28.8 Å². The molecule has 0 bridgehead atoms. The minimum Gasteiger partial charge on any atom is -0.348 e. The Kier molecular flexibility index (Phi) is 6.80. The summed E-state index contributed by atoms with van der Waals surface area (Å²) in [5.74, 6) is -7.58. The van der Waals surface area contributed by atoms with Crippen molar-refractivity contribution in [3.05, 3.63) is 51.8 Å². The Morgan fingerprint density at radius 3 is 2.37 bits per heavy atom. The number of hydrogen-bond donors (Lipinski definition) is 1. The van der Waals surface area contributed by atoms with Gasteiger partial charge in [-0.25, -0.2) is 9.36 Å². The summed E-state index contributed by atoms with van der Waals surface area (Å²) in [5, 5.41) is 9.08. The van der Waals surface area contributed by atoms with E-state index in [1.807, 2.05) is 0 Å². The second-order valence-electron chi connectivity index (χ2n) is 7.35. The van der Waals surface area contributed by atoms with Crippen molar-refractivity contribution in [3.63, 3.8) is 0 Å². The fraction of sp³-hybridized carbons (Fsp3) is 0.316. The number of amides is 1. The number of nitrogens with zero attached hydrogens (tertiary/aromatic N) is 4. The molecule has 6 nitrogen and oxygen atoms in total. The molecule has 0 aliphatic heterocycles. The number of thiophene rings is 1. The van der Waals surface area contributed by atoms with Crippen LogP contribution in [-0.4, -0.2) is 38.2 Å². The Hall–Kier alpha value is -2.94. The second kappa shape index (κ2) is 8.93. The zero-order chi connectivity index (χ0) is 26.5. The topological polar surface area (TPSA) is 64.7 Å². The first-order valence-electron chi connectivity index (χ1n) is 9.31. The molecule has 16 heteroatoms. The minimum atomic E-state index is -6.32. The highest BCUT2D eigenvalue weighted by atomic mass is 35.5. The van der Waals surface area contributed by atoms with Crippen LogP contribution in [0.2, 0.25) is 4.34 Å². The third-order valence-electron chi connectivity index (χ3n) is 4.52. The molecule has 3 aromatic heterocycles. The van der Waals surface area contributed by atoms with Crippen LogP contribution in [0.25, 0.3) is 16.3 Å². The number of aryl methyl sites for hydroxylation is 1. The SMILES string of the molecule is C=C(C)CNC(=O)c1cc(-c2cnn(-c3c(C(F)(F)F)c(C(F)(F)C(F)(F)F)nn3C)c2)sc1Cl. The monoisotopic (exact) mass is 547 g/mol. The zero-order valence-electron chi connectivity index (χ0n) is 17.7. The number of aromatic nitrogens is 4. The predicted octanol–water partition coefficient (Wildman–Crippen LogP) is 5.97. The average molecular weight is 548 g/mol. The summed E-state index contributed by atoms with van der Waals surface area (Å²) in [6.07, 6.45) is -9.95. The van der Waals surface area contributed by atoms with Crippen molar-refractivity contribution < 1.29 is 39.9 Å². The summed E-state index contributed by atoms with van der Waals surface area (Å²) in [5.41, 5.74) is -3.94. The normalized spacial score (nSPS) is 12.8. The molecule has 0 atom stereocenters. The van der Waals surface area contributed by atoms with Crippen molar-refractivity contribution in [3.8, 4) is 16.3 Å². The Morgan fingerprint density at radius 2 is 1.83 bits per heavy atom. The minimum absolute atomic E-state index is 0.0515. The molecule has 0 saturated heterocycles. The maximum atomic E-state index is 13.9. The standard InChI is InChI=1S/C19H14ClF8N5OS/c1-8(2)5-29-15(34)10-4-11(35-14(10)20)9-6-30-33(7-9)16-12(18(23,24)25)13(31-32(16)3)17(21,22)19(26,27)28/h4,6-7H,1,5H2,2-3H3,(H,29,34). The van der Waals surface area contributed by atoms with Gasteiger partial charge in [0.15, 0.2) is 11.5 Å². The van der Waals surface area contributed by atoms with E-state index in [9.17, 15) is 39.9 Å². The molecule has 0 aliphatic rings. The molecule has 0 unspecified atom stereocenters. The lowest BCUT2D eigenvalue weighted by molar-refractivity contribution is -0.292. The second-order valence-corrected chi connectivity index (χ2v) is 9.01. The summed E-state index contributed by atoms with van der Waals surface area (Å²) in [4.78, 5) is 12.5. The Labute approximate surface area is 200 Å². The van der Waals surface area contributed by atoms with E-state index in [1.54, 1.807) is 6.92 Å². The summed E-state index contributed by atoms with van der Waals surface area (Å²) in [6.45, 7) is 5.49. The van der Waals surface area contributed by atoms with Gasteiger partial charge in [0.2, 0.25) is 0 Å². The van der Waals surface area contributed by atoms with Crippen LogP contribution < -0.4 is 5.32 Å². The van der Waals surface area contributed by atoms with Crippen molar-refractivity contribution in [1.29, 1.82) is 0 Å². The number of hydrogen-bond acceptors (Lipinski definition) is 4. The smallest absolute Gasteiger partial charge is 0.348 e. The van der Waals surface area contributed by atoms with Gasteiger partial charge in [-0.05, 0) is 13.0 Å².